The van der Waals surface area contributed by atoms with Gasteiger partial charge in [-0.1, -0.05) is 107 Å². The zero-order chi connectivity index (χ0) is 24.3. The molecule has 0 spiro atoms. The summed E-state index contributed by atoms with van der Waals surface area (Å²) in [4.78, 5) is 12.1. The molecule has 0 radical (unpaired) electrons. The molecule has 4 rings (SSSR count). The molecular weight excluding hydrogens is 420 g/mol. The van der Waals surface area contributed by atoms with Crippen LogP contribution in [0.4, 0.5) is 0 Å². The molecule has 0 aliphatic heterocycles. The molecule has 0 aliphatic carbocycles. The van der Waals surface area contributed by atoms with Crippen LogP contribution in [0.15, 0.2) is 103 Å². The van der Waals surface area contributed by atoms with Crippen LogP contribution in [0, 0.1) is 0 Å². The molecule has 4 aromatic carbocycles. The maximum atomic E-state index is 12.1. The minimum Gasteiger partial charge on any atom is -0.478 e. The Morgan fingerprint density at radius 2 is 1.06 bits per heavy atom. The first-order valence-electron chi connectivity index (χ1n) is 11.5. The van der Waals surface area contributed by atoms with Gasteiger partial charge in [-0.25, -0.2) is 4.79 Å². The average molecular weight is 451 g/mol. The molecule has 0 amide bonds. The van der Waals surface area contributed by atoms with Crippen molar-refractivity contribution in [3.63, 3.8) is 0 Å². The van der Waals surface area contributed by atoms with E-state index in [2.05, 4.69) is 52.0 Å². The Morgan fingerprint density at radius 3 is 1.56 bits per heavy atom. The highest BCUT2D eigenvalue weighted by Crippen LogP contribution is 2.36. The van der Waals surface area contributed by atoms with Crippen molar-refractivity contribution in [3.8, 4) is 11.5 Å². The van der Waals surface area contributed by atoms with E-state index in [1.807, 2.05) is 66.7 Å². The number of hydrogen-bond acceptors (Lipinski definition) is 2. The number of carboxylic acid groups (broad SMARTS) is 1. The SMILES string of the molecule is CC(C)(c1ccccc1)c1ccc(Oc2ccc(C(C)(C)c3ccccc3)cc2C(=O)O)cc1. The third-order valence-corrected chi connectivity index (χ3v) is 6.73. The molecule has 0 heterocycles. The highest BCUT2D eigenvalue weighted by molar-refractivity contribution is 5.91. The van der Waals surface area contributed by atoms with E-state index in [-0.39, 0.29) is 16.4 Å². The maximum Gasteiger partial charge on any atom is 0.339 e. The zero-order valence-corrected chi connectivity index (χ0v) is 20.1. The Hall–Kier alpha value is -3.85. The smallest absolute Gasteiger partial charge is 0.339 e. The monoisotopic (exact) mass is 450 g/mol. The summed E-state index contributed by atoms with van der Waals surface area (Å²) >= 11 is 0. The van der Waals surface area contributed by atoms with Crippen LogP contribution >= 0.6 is 0 Å². The van der Waals surface area contributed by atoms with Crippen LogP contribution in [0.25, 0.3) is 0 Å². The van der Waals surface area contributed by atoms with Crippen molar-refractivity contribution in [2.24, 2.45) is 0 Å². The van der Waals surface area contributed by atoms with Crippen molar-refractivity contribution < 1.29 is 14.6 Å². The molecule has 0 saturated heterocycles. The Balaban J connectivity index is 1.61. The number of hydrogen-bond donors (Lipinski definition) is 1. The van der Waals surface area contributed by atoms with E-state index in [1.165, 1.54) is 5.56 Å². The number of rotatable bonds is 7. The van der Waals surface area contributed by atoms with Crippen LogP contribution in [0.2, 0.25) is 0 Å². The van der Waals surface area contributed by atoms with Gasteiger partial charge in [-0.3, -0.25) is 0 Å². The molecular formula is C31H30O3. The van der Waals surface area contributed by atoms with Crippen LogP contribution in [-0.2, 0) is 10.8 Å². The van der Waals surface area contributed by atoms with Gasteiger partial charge in [0.2, 0.25) is 0 Å². The van der Waals surface area contributed by atoms with Crippen molar-refractivity contribution in [1.82, 2.24) is 0 Å². The molecule has 0 saturated carbocycles. The first kappa shape index (κ1) is 23.3. The maximum absolute atomic E-state index is 12.1. The predicted octanol–water partition coefficient (Wildman–Crippen LogP) is 7.83. The second kappa shape index (κ2) is 9.18. The second-order valence-corrected chi connectivity index (χ2v) is 9.62. The minimum atomic E-state index is -1.01. The van der Waals surface area contributed by atoms with Gasteiger partial charge in [0.15, 0.2) is 0 Å². The lowest BCUT2D eigenvalue weighted by molar-refractivity contribution is 0.0694. The summed E-state index contributed by atoms with van der Waals surface area (Å²) in [5.74, 6) is -0.0806. The molecule has 3 heteroatoms. The molecule has 0 fully saturated rings. The van der Waals surface area contributed by atoms with Crippen molar-refractivity contribution in [2.45, 2.75) is 38.5 Å². The lowest BCUT2D eigenvalue weighted by atomic mass is 9.77. The van der Waals surface area contributed by atoms with Crippen LogP contribution in [0.1, 0.15) is 60.3 Å². The Morgan fingerprint density at radius 1 is 0.618 bits per heavy atom. The van der Waals surface area contributed by atoms with Gasteiger partial charge >= 0.3 is 5.97 Å². The summed E-state index contributed by atoms with van der Waals surface area (Å²) in [6.45, 7) is 8.57. The number of carboxylic acids is 1. The normalized spacial score (nSPS) is 11.8. The van der Waals surface area contributed by atoms with E-state index in [4.69, 9.17) is 4.74 Å². The standard InChI is InChI=1S/C31H30O3/c1-30(2,22-11-7-5-8-12-22)24-15-18-26(19-16-24)34-28-20-17-25(21-27(28)29(32)33)31(3,4)23-13-9-6-10-14-23/h5-21H,1-4H3,(H,32,33). The number of carbonyl (C=O) groups is 1. The van der Waals surface area contributed by atoms with E-state index in [0.717, 1.165) is 16.7 Å². The van der Waals surface area contributed by atoms with E-state index < -0.39 is 5.97 Å². The molecule has 0 aliphatic rings. The number of aromatic carboxylic acids is 1. The summed E-state index contributed by atoms with van der Waals surface area (Å²) in [7, 11) is 0. The summed E-state index contributed by atoms with van der Waals surface area (Å²) < 4.78 is 6.04. The molecule has 3 nitrogen and oxygen atoms in total. The summed E-state index contributed by atoms with van der Waals surface area (Å²) in [6, 6.07) is 33.7. The Bertz CT molecular complexity index is 1270. The fraction of sp³-hybridized carbons (Fsp3) is 0.194. The zero-order valence-electron chi connectivity index (χ0n) is 20.1. The largest absolute Gasteiger partial charge is 0.478 e. The molecule has 0 bridgehead atoms. The van der Waals surface area contributed by atoms with Gasteiger partial charge in [-0.15, -0.1) is 0 Å². The topological polar surface area (TPSA) is 46.5 Å². The fourth-order valence-corrected chi connectivity index (χ4v) is 4.28. The summed E-state index contributed by atoms with van der Waals surface area (Å²) in [5, 5.41) is 9.90. The highest BCUT2D eigenvalue weighted by Gasteiger charge is 2.26. The third kappa shape index (κ3) is 4.60. The van der Waals surface area contributed by atoms with Crippen molar-refractivity contribution >= 4 is 5.97 Å². The number of benzene rings is 4. The average Bonchev–Trinajstić information content (AvgIpc) is 2.85. The van der Waals surface area contributed by atoms with E-state index in [9.17, 15) is 9.90 Å². The predicted molar refractivity (Wildman–Crippen MR) is 137 cm³/mol. The van der Waals surface area contributed by atoms with Gasteiger partial charge < -0.3 is 9.84 Å². The van der Waals surface area contributed by atoms with Crippen LogP contribution in [0.5, 0.6) is 11.5 Å². The van der Waals surface area contributed by atoms with Crippen molar-refractivity contribution in [1.29, 1.82) is 0 Å². The molecule has 172 valence electrons. The van der Waals surface area contributed by atoms with Gasteiger partial charge in [-0.05, 0) is 46.5 Å². The Labute approximate surface area is 201 Å². The van der Waals surface area contributed by atoms with Gasteiger partial charge in [-0.2, -0.15) is 0 Å². The molecule has 0 atom stereocenters. The van der Waals surface area contributed by atoms with E-state index in [0.29, 0.717) is 11.5 Å². The first-order chi connectivity index (χ1) is 16.2. The van der Waals surface area contributed by atoms with Crippen LogP contribution in [0.3, 0.4) is 0 Å². The Kier molecular flexibility index (Phi) is 6.30. The quantitative estimate of drug-likeness (QED) is 0.312. The summed E-state index contributed by atoms with van der Waals surface area (Å²) in [5.41, 5.74) is 4.08. The second-order valence-electron chi connectivity index (χ2n) is 9.62. The molecule has 0 aromatic heterocycles. The molecule has 1 N–H and O–H groups in total. The molecule has 0 unspecified atom stereocenters. The van der Waals surface area contributed by atoms with Crippen LogP contribution in [-0.4, -0.2) is 11.1 Å². The lowest BCUT2D eigenvalue weighted by Gasteiger charge is -2.27. The van der Waals surface area contributed by atoms with Gasteiger partial charge in [0.1, 0.15) is 17.1 Å². The number of ether oxygens (including phenoxy) is 1. The summed E-state index contributed by atoms with van der Waals surface area (Å²) in [6.07, 6.45) is 0. The molecule has 34 heavy (non-hydrogen) atoms. The van der Waals surface area contributed by atoms with E-state index >= 15 is 0 Å². The van der Waals surface area contributed by atoms with Gasteiger partial charge in [0.25, 0.3) is 0 Å². The highest BCUT2D eigenvalue weighted by atomic mass is 16.5. The lowest BCUT2D eigenvalue weighted by Crippen LogP contribution is -2.19. The van der Waals surface area contributed by atoms with Gasteiger partial charge in [0, 0.05) is 10.8 Å². The minimum absolute atomic E-state index is 0.148. The van der Waals surface area contributed by atoms with Crippen molar-refractivity contribution in [2.75, 3.05) is 0 Å². The van der Waals surface area contributed by atoms with Crippen LogP contribution < -0.4 is 4.74 Å². The third-order valence-electron chi connectivity index (χ3n) is 6.73. The first-order valence-corrected chi connectivity index (χ1v) is 11.5. The van der Waals surface area contributed by atoms with E-state index in [1.54, 1.807) is 12.1 Å². The fourth-order valence-electron chi connectivity index (χ4n) is 4.28. The van der Waals surface area contributed by atoms with Crippen molar-refractivity contribution in [3.05, 3.63) is 131 Å². The molecule has 4 aromatic rings. The van der Waals surface area contributed by atoms with Gasteiger partial charge in [0.05, 0.1) is 0 Å².